The molecule has 0 atom stereocenters. The third kappa shape index (κ3) is 2.22. The average Bonchev–Trinajstić information content (AvgIpc) is 2.75. The van der Waals surface area contributed by atoms with Crippen molar-refractivity contribution >= 4 is 28.7 Å². The molecule has 0 fully saturated rings. The van der Waals surface area contributed by atoms with Gasteiger partial charge in [0.25, 0.3) is 5.76 Å². The molecule has 3 rings (SSSR count). The van der Waals surface area contributed by atoms with E-state index in [1.165, 1.54) is 0 Å². The molecule has 0 saturated carbocycles. The first-order chi connectivity index (χ1) is 9.66. The van der Waals surface area contributed by atoms with E-state index < -0.39 is 5.76 Å². The number of aromatic nitrogens is 2. The van der Waals surface area contributed by atoms with E-state index in [4.69, 9.17) is 5.73 Å². The van der Waals surface area contributed by atoms with Crippen molar-refractivity contribution in [3.8, 4) is 5.69 Å². The number of benzene rings is 2. The van der Waals surface area contributed by atoms with E-state index in [2.05, 4.69) is 4.98 Å². The van der Waals surface area contributed by atoms with Crippen molar-refractivity contribution in [2.75, 3.05) is 5.73 Å². The lowest BCUT2D eigenvalue weighted by molar-refractivity contribution is 0.252. The van der Waals surface area contributed by atoms with Gasteiger partial charge in [0, 0.05) is 4.90 Å². The Bertz CT molecular complexity index is 755. The van der Waals surface area contributed by atoms with Gasteiger partial charge in [0.15, 0.2) is 0 Å². The Morgan fingerprint density at radius 2 is 1.75 bits per heavy atom. The number of halogens is 2. The van der Waals surface area contributed by atoms with Crippen molar-refractivity contribution < 1.29 is 8.78 Å². The molecule has 0 bridgehead atoms. The topological polar surface area (TPSA) is 43.8 Å². The number of imidazole rings is 1. The summed E-state index contributed by atoms with van der Waals surface area (Å²) in [4.78, 5) is 4.72. The Balaban J connectivity index is 2.23. The van der Waals surface area contributed by atoms with Crippen molar-refractivity contribution in [1.82, 2.24) is 9.55 Å². The van der Waals surface area contributed by atoms with Crippen LogP contribution < -0.4 is 5.73 Å². The molecule has 0 aliphatic heterocycles. The number of nitrogen functional groups attached to an aromatic ring is 1. The maximum atomic E-state index is 12.7. The van der Waals surface area contributed by atoms with Gasteiger partial charge >= 0.3 is 0 Å². The molecule has 0 radical (unpaired) electrons. The second kappa shape index (κ2) is 5.13. The number of rotatable bonds is 3. The molecule has 102 valence electrons. The molecule has 0 spiro atoms. The molecular formula is C14H11F2N3S. The van der Waals surface area contributed by atoms with E-state index >= 15 is 0 Å². The number of alkyl halides is 2. The summed E-state index contributed by atoms with van der Waals surface area (Å²) < 4.78 is 27.0. The van der Waals surface area contributed by atoms with Crippen molar-refractivity contribution in [1.29, 1.82) is 0 Å². The highest BCUT2D eigenvalue weighted by Crippen LogP contribution is 2.33. The molecule has 0 unspecified atom stereocenters. The first-order valence-electron chi connectivity index (χ1n) is 5.94. The van der Waals surface area contributed by atoms with Crippen LogP contribution >= 0.6 is 11.8 Å². The summed E-state index contributed by atoms with van der Waals surface area (Å²) in [5.74, 6) is -2.19. The minimum absolute atomic E-state index is 0.286. The fraction of sp³-hybridized carbons (Fsp3) is 0.0714. The van der Waals surface area contributed by atoms with Gasteiger partial charge < -0.3 is 5.73 Å². The molecule has 2 N–H and O–H groups in total. The number of fused-ring (bicyclic) bond motifs is 1. The van der Waals surface area contributed by atoms with E-state index in [9.17, 15) is 8.78 Å². The van der Waals surface area contributed by atoms with Gasteiger partial charge in [-0.25, -0.2) is 4.98 Å². The zero-order chi connectivity index (χ0) is 14.1. The Labute approximate surface area is 118 Å². The number of hydrogen-bond acceptors (Lipinski definition) is 3. The van der Waals surface area contributed by atoms with Gasteiger partial charge in [-0.05, 0) is 24.3 Å². The van der Waals surface area contributed by atoms with Crippen molar-refractivity contribution in [3.05, 3.63) is 48.5 Å². The molecule has 1 aromatic heterocycles. The Hall–Kier alpha value is -2.08. The highest BCUT2D eigenvalue weighted by Gasteiger charge is 2.15. The summed E-state index contributed by atoms with van der Waals surface area (Å²) in [5.41, 5.74) is 8.09. The fourth-order valence-electron chi connectivity index (χ4n) is 2.14. The van der Waals surface area contributed by atoms with Gasteiger partial charge in [0.05, 0.1) is 16.7 Å². The lowest BCUT2D eigenvalue weighted by Gasteiger charge is -2.11. The summed E-state index contributed by atoms with van der Waals surface area (Å²) >= 11 is 0.503. The van der Waals surface area contributed by atoms with Crippen LogP contribution in [0.4, 0.5) is 14.7 Å². The quantitative estimate of drug-likeness (QED) is 0.744. The maximum Gasteiger partial charge on any atom is 0.288 e. The van der Waals surface area contributed by atoms with E-state index in [1.54, 1.807) is 28.8 Å². The second-order valence-electron chi connectivity index (χ2n) is 4.14. The number of nitrogens with zero attached hydrogens (tertiary/aromatic N) is 2. The zero-order valence-corrected chi connectivity index (χ0v) is 11.1. The molecule has 3 aromatic rings. The van der Waals surface area contributed by atoms with Crippen molar-refractivity contribution in [2.45, 2.75) is 10.7 Å². The summed E-state index contributed by atoms with van der Waals surface area (Å²) in [6, 6.07) is 14.4. The summed E-state index contributed by atoms with van der Waals surface area (Å²) in [7, 11) is 0. The first-order valence-corrected chi connectivity index (χ1v) is 6.82. The molecule has 3 nitrogen and oxygen atoms in total. The van der Waals surface area contributed by atoms with Crippen molar-refractivity contribution in [3.63, 3.8) is 0 Å². The standard InChI is InChI=1S/C14H11F2N3S/c15-13(16)20-12-8-4-3-7-11(12)19-10-6-2-1-5-9(10)18-14(19)17/h1-8,13H,(H2,17,18). The molecule has 0 saturated heterocycles. The van der Waals surface area contributed by atoms with Crippen LogP contribution in [-0.4, -0.2) is 15.3 Å². The average molecular weight is 291 g/mol. The summed E-state index contributed by atoms with van der Waals surface area (Å²) in [5, 5.41) is 0. The Morgan fingerprint density at radius 1 is 1.05 bits per heavy atom. The van der Waals surface area contributed by atoms with Crippen LogP contribution in [0, 0.1) is 0 Å². The Morgan fingerprint density at radius 3 is 2.55 bits per heavy atom. The minimum Gasteiger partial charge on any atom is -0.369 e. The van der Waals surface area contributed by atoms with Crippen LogP contribution in [0.1, 0.15) is 0 Å². The molecule has 1 heterocycles. The van der Waals surface area contributed by atoms with Gasteiger partial charge in [-0.3, -0.25) is 4.57 Å². The zero-order valence-electron chi connectivity index (χ0n) is 10.3. The largest absolute Gasteiger partial charge is 0.369 e. The number of para-hydroxylation sites is 3. The van der Waals surface area contributed by atoms with Crippen LogP contribution in [0.3, 0.4) is 0 Å². The molecule has 6 heteroatoms. The second-order valence-corrected chi connectivity index (χ2v) is 5.17. The van der Waals surface area contributed by atoms with Crippen LogP contribution in [-0.2, 0) is 0 Å². The monoisotopic (exact) mass is 291 g/mol. The number of hydrogen-bond donors (Lipinski definition) is 1. The van der Waals surface area contributed by atoms with E-state index in [1.807, 2.05) is 24.3 Å². The predicted octanol–water partition coefficient (Wildman–Crippen LogP) is 3.92. The van der Waals surface area contributed by atoms with Gasteiger partial charge in [0.1, 0.15) is 0 Å². The molecule has 2 aromatic carbocycles. The SMILES string of the molecule is Nc1nc2ccccc2n1-c1ccccc1SC(F)F. The van der Waals surface area contributed by atoms with Gasteiger partial charge in [0.2, 0.25) is 5.95 Å². The van der Waals surface area contributed by atoms with Crippen LogP contribution in [0.2, 0.25) is 0 Å². The smallest absolute Gasteiger partial charge is 0.288 e. The highest BCUT2D eigenvalue weighted by atomic mass is 32.2. The molecule has 20 heavy (non-hydrogen) atoms. The third-order valence-corrected chi connectivity index (χ3v) is 3.69. The third-order valence-electron chi connectivity index (χ3n) is 2.91. The summed E-state index contributed by atoms with van der Waals surface area (Å²) in [6.07, 6.45) is 0. The van der Waals surface area contributed by atoms with E-state index in [0.717, 1.165) is 11.0 Å². The minimum atomic E-state index is -2.48. The Kier molecular flexibility index (Phi) is 3.31. The van der Waals surface area contributed by atoms with E-state index in [-0.39, 0.29) is 5.95 Å². The predicted molar refractivity (Wildman–Crippen MR) is 77.3 cm³/mol. The van der Waals surface area contributed by atoms with Gasteiger partial charge in [-0.15, -0.1) is 0 Å². The van der Waals surface area contributed by atoms with Crippen LogP contribution in [0.25, 0.3) is 16.7 Å². The lowest BCUT2D eigenvalue weighted by atomic mass is 10.3. The first kappa shape index (κ1) is 12.9. The number of anilines is 1. The molecular weight excluding hydrogens is 280 g/mol. The number of nitrogens with two attached hydrogens (primary N) is 1. The normalized spacial score (nSPS) is 11.3. The lowest BCUT2D eigenvalue weighted by Crippen LogP contribution is -2.02. The van der Waals surface area contributed by atoms with E-state index in [0.29, 0.717) is 22.3 Å². The fourth-order valence-corrected chi connectivity index (χ4v) is 2.76. The molecule has 0 aliphatic rings. The molecule has 0 aliphatic carbocycles. The van der Waals surface area contributed by atoms with Crippen LogP contribution in [0.15, 0.2) is 53.4 Å². The summed E-state index contributed by atoms with van der Waals surface area (Å²) in [6.45, 7) is 0. The maximum absolute atomic E-state index is 12.7. The van der Waals surface area contributed by atoms with Gasteiger partial charge in [-0.1, -0.05) is 36.0 Å². The van der Waals surface area contributed by atoms with Gasteiger partial charge in [-0.2, -0.15) is 8.78 Å². The van der Waals surface area contributed by atoms with Crippen LogP contribution in [0.5, 0.6) is 0 Å². The highest BCUT2D eigenvalue weighted by molar-refractivity contribution is 7.99. The number of thioether (sulfide) groups is 1. The molecule has 0 amide bonds. The van der Waals surface area contributed by atoms with Crippen molar-refractivity contribution in [2.24, 2.45) is 0 Å².